The maximum atomic E-state index is 13.2. The molecule has 0 spiro atoms. The Labute approximate surface area is 163 Å². The molecule has 6 heteroatoms. The Morgan fingerprint density at radius 2 is 1.82 bits per heavy atom. The molecule has 2 aromatic carbocycles. The van der Waals surface area contributed by atoms with Gasteiger partial charge in [-0.15, -0.1) is 0 Å². The number of hydrogen-bond donors (Lipinski definition) is 0. The van der Waals surface area contributed by atoms with Crippen LogP contribution in [0, 0.1) is 11.3 Å². The van der Waals surface area contributed by atoms with Crippen LogP contribution in [0.5, 0.6) is 5.75 Å². The monoisotopic (exact) mass is 379 g/mol. The minimum Gasteiger partial charge on any atom is -0.465 e. The van der Waals surface area contributed by atoms with Gasteiger partial charge < -0.3 is 14.4 Å². The predicted octanol–water partition coefficient (Wildman–Crippen LogP) is 2.92. The molecule has 0 aromatic heterocycles. The van der Waals surface area contributed by atoms with Crippen LogP contribution in [0.2, 0.25) is 0 Å². The number of carbonyl (C=O) groups excluding carboxylic acids is 3. The summed E-state index contributed by atoms with van der Waals surface area (Å²) in [5, 5.41) is 0. The topological polar surface area (TPSA) is 72.9 Å². The fourth-order valence-electron chi connectivity index (χ4n) is 4.30. The van der Waals surface area contributed by atoms with Crippen LogP contribution < -0.4 is 9.64 Å². The van der Waals surface area contributed by atoms with Gasteiger partial charge in [-0.1, -0.05) is 36.4 Å². The van der Waals surface area contributed by atoms with E-state index in [4.69, 9.17) is 9.47 Å². The van der Waals surface area contributed by atoms with Crippen molar-refractivity contribution in [2.45, 2.75) is 19.3 Å². The summed E-state index contributed by atoms with van der Waals surface area (Å²) in [6.45, 7) is 1.85. The zero-order valence-corrected chi connectivity index (χ0v) is 15.8. The van der Waals surface area contributed by atoms with E-state index in [1.807, 2.05) is 42.5 Å². The molecule has 0 radical (unpaired) electrons. The van der Waals surface area contributed by atoms with E-state index in [0.29, 0.717) is 11.3 Å². The quantitative estimate of drug-likeness (QED) is 0.464. The van der Waals surface area contributed by atoms with Gasteiger partial charge in [0.2, 0.25) is 5.91 Å². The lowest BCUT2D eigenvalue weighted by Gasteiger charge is -2.53. The minimum absolute atomic E-state index is 0.0830. The highest BCUT2D eigenvalue weighted by Gasteiger charge is 2.70. The van der Waals surface area contributed by atoms with Crippen LogP contribution in [0.3, 0.4) is 0 Å². The Morgan fingerprint density at radius 3 is 2.54 bits per heavy atom. The van der Waals surface area contributed by atoms with Gasteiger partial charge in [-0.25, -0.2) is 0 Å². The number of nitrogens with zero attached hydrogens (tertiary/aromatic N) is 1. The van der Waals surface area contributed by atoms with Gasteiger partial charge in [0.15, 0.2) is 5.41 Å². The van der Waals surface area contributed by atoms with E-state index < -0.39 is 29.2 Å². The van der Waals surface area contributed by atoms with Crippen molar-refractivity contribution >= 4 is 23.5 Å². The van der Waals surface area contributed by atoms with Crippen molar-refractivity contribution in [1.82, 2.24) is 0 Å². The van der Waals surface area contributed by atoms with Gasteiger partial charge >= 0.3 is 11.9 Å². The first kappa shape index (κ1) is 18.2. The average Bonchev–Trinajstić information content (AvgIpc) is 2.68. The van der Waals surface area contributed by atoms with Crippen molar-refractivity contribution in [3.8, 4) is 5.75 Å². The molecular weight excluding hydrogens is 358 g/mol. The van der Waals surface area contributed by atoms with Crippen molar-refractivity contribution in [3.63, 3.8) is 0 Å². The van der Waals surface area contributed by atoms with E-state index in [2.05, 4.69) is 0 Å². The molecule has 28 heavy (non-hydrogen) atoms. The van der Waals surface area contributed by atoms with Gasteiger partial charge in [-0.05, 0) is 31.5 Å². The number of fused-ring (bicyclic) bond motifs is 3. The number of amides is 1. The number of ether oxygens (including phenoxy) is 2. The lowest BCUT2D eigenvalue weighted by Crippen LogP contribution is -2.63. The van der Waals surface area contributed by atoms with E-state index in [-0.39, 0.29) is 18.9 Å². The molecular formula is C22H21NO5. The molecule has 4 rings (SSSR count). The van der Waals surface area contributed by atoms with Gasteiger partial charge in [0.1, 0.15) is 5.75 Å². The molecule has 2 aliphatic rings. The third-order valence-corrected chi connectivity index (χ3v) is 5.73. The second-order valence-electron chi connectivity index (χ2n) is 7.14. The van der Waals surface area contributed by atoms with E-state index in [1.54, 1.807) is 31.0 Å². The number of esters is 2. The summed E-state index contributed by atoms with van der Waals surface area (Å²) in [6.07, 6.45) is 0.0830. The zero-order valence-electron chi connectivity index (χ0n) is 15.8. The lowest BCUT2D eigenvalue weighted by atomic mass is 9.50. The number of carbonyl (C=O) groups is 3. The molecule has 0 bridgehead atoms. The second-order valence-corrected chi connectivity index (χ2v) is 7.14. The van der Waals surface area contributed by atoms with Crippen molar-refractivity contribution < 1.29 is 23.9 Å². The van der Waals surface area contributed by atoms with Crippen LogP contribution in [0.4, 0.5) is 5.69 Å². The van der Waals surface area contributed by atoms with Crippen molar-refractivity contribution in [1.29, 1.82) is 0 Å². The molecule has 1 heterocycles. The molecule has 3 atom stereocenters. The van der Waals surface area contributed by atoms with Gasteiger partial charge in [-0.3, -0.25) is 14.4 Å². The zero-order chi connectivity index (χ0) is 19.9. The summed E-state index contributed by atoms with van der Waals surface area (Å²) >= 11 is 0. The van der Waals surface area contributed by atoms with Gasteiger partial charge in [0, 0.05) is 30.1 Å². The highest BCUT2D eigenvalue weighted by Crippen LogP contribution is 2.62. The van der Waals surface area contributed by atoms with Crippen LogP contribution in [-0.4, -0.2) is 31.5 Å². The molecule has 1 amide bonds. The first-order chi connectivity index (χ1) is 13.5. The molecule has 6 nitrogen and oxygen atoms in total. The van der Waals surface area contributed by atoms with Crippen molar-refractivity contribution in [2.24, 2.45) is 11.3 Å². The number of benzene rings is 2. The Morgan fingerprint density at radius 1 is 1.14 bits per heavy atom. The number of hydrogen-bond acceptors (Lipinski definition) is 5. The molecule has 2 aromatic rings. The number of rotatable bonds is 4. The van der Waals surface area contributed by atoms with Crippen LogP contribution in [0.25, 0.3) is 0 Å². The minimum atomic E-state index is -1.46. The fraction of sp³-hybridized carbons (Fsp3) is 0.318. The van der Waals surface area contributed by atoms with E-state index in [1.165, 1.54) is 0 Å². The van der Waals surface area contributed by atoms with Crippen LogP contribution in [0.1, 0.15) is 24.8 Å². The number of anilines is 1. The van der Waals surface area contributed by atoms with Crippen molar-refractivity contribution in [2.75, 3.05) is 18.6 Å². The Kier molecular flexibility index (Phi) is 4.41. The summed E-state index contributed by atoms with van der Waals surface area (Å²) in [5.41, 5.74) is -0.00334. The van der Waals surface area contributed by atoms with Gasteiger partial charge in [-0.2, -0.15) is 0 Å². The summed E-state index contributed by atoms with van der Waals surface area (Å²) in [7, 11) is 1.70. The van der Waals surface area contributed by atoms with Gasteiger partial charge in [0.05, 0.1) is 6.61 Å². The smallest absolute Gasteiger partial charge is 0.329 e. The normalized spacial score (nSPS) is 24.9. The largest absolute Gasteiger partial charge is 0.465 e. The fourth-order valence-corrected chi connectivity index (χ4v) is 4.30. The van der Waals surface area contributed by atoms with Crippen LogP contribution in [0.15, 0.2) is 54.6 Å². The third-order valence-electron chi connectivity index (χ3n) is 5.73. The molecule has 0 unspecified atom stereocenters. The maximum Gasteiger partial charge on any atom is 0.329 e. The van der Waals surface area contributed by atoms with Gasteiger partial charge in [0.25, 0.3) is 0 Å². The summed E-state index contributed by atoms with van der Waals surface area (Å²) in [4.78, 5) is 40.4. The Bertz CT molecular complexity index is 941. The van der Waals surface area contributed by atoms with E-state index in [0.717, 1.165) is 5.69 Å². The number of para-hydroxylation sites is 2. The Balaban J connectivity index is 1.73. The average molecular weight is 379 g/mol. The predicted molar refractivity (Wildman–Crippen MR) is 102 cm³/mol. The molecule has 144 valence electrons. The highest BCUT2D eigenvalue weighted by molar-refractivity contribution is 6.08. The SMILES string of the molecule is CCOC(=O)[C@]12C[C@H](C(=O)N(C)c3ccccc3)[C@H]1c1ccccc1OC2=O. The molecule has 1 aliphatic carbocycles. The molecule has 1 fully saturated rings. The molecule has 1 saturated carbocycles. The molecule has 0 saturated heterocycles. The van der Waals surface area contributed by atoms with E-state index in [9.17, 15) is 14.4 Å². The third kappa shape index (κ3) is 2.52. The summed E-state index contributed by atoms with van der Waals surface area (Å²) in [5.74, 6) is -2.10. The summed E-state index contributed by atoms with van der Waals surface area (Å²) in [6, 6.07) is 16.3. The first-order valence-electron chi connectivity index (χ1n) is 9.31. The molecule has 0 N–H and O–H groups in total. The highest BCUT2D eigenvalue weighted by atomic mass is 16.6. The first-order valence-corrected chi connectivity index (χ1v) is 9.31. The Hall–Kier alpha value is -3.15. The van der Waals surface area contributed by atoms with Crippen LogP contribution >= 0.6 is 0 Å². The van der Waals surface area contributed by atoms with E-state index >= 15 is 0 Å². The standard InChI is InChI=1S/C22H21NO5/c1-3-27-20(25)22-13-16(19(24)23(2)14-9-5-4-6-10-14)18(22)15-11-7-8-12-17(15)28-21(22)26/h4-12,16,18H,3,13H2,1-2H3/t16-,18+,22-/m0/s1. The van der Waals surface area contributed by atoms with Crippen LogP contribution in [-0.2, 0) is 19.1 Å². The maximum absolute atomic E-state index is 13.2. The van der Waals surface area contributed by atoms with Crippen molar-refractivity contribution in [3.05, 3.63) is 60.2 Å². The lowest BCUT2D eigenvalue weighted by molar-refractivity contribution is -0.185. The molecule has 1 aliphatic heterocycles. The second kappa shape index (κ2) is 6.78. The summed E-state index contributed by atoms with van der Waals surface area (Å²) < 4.78 is 10.6.